The van der Waals surface area contributed by atoms with Crippen LogP contribution in [-0.4, -0.2) is 24.9 Å². The second-order valence-corrected chi connectivity index (χ2v) is 7.31. The number of benzene rings is 1. The summed E-state index contributed by atoms with van der Waals surface area (Å²) in [5.74, 6) is 1.43. The third kappa shape index (κ3) is 3.43. The smallest absolute Gasteiger partial charge is 0.493 e. The standard InChI is InChI=1S/C17H27BO3/c1-12(2)11-19-14-8-9-15(13(3)10-14)18-20-16(4,5)17(6,7)21-18/h8-10,12H,11H2,1-7H3. The molecule has 0 unspecified atom stereocenters. The Morgan fingerprint density at radius 1 is 1.10 bits per heavy atom. The first kappa shape index (κ1) is 16.4. The molecule has 1 saturated heterocycles. The minimum atomic E-state index is -0.311. The van der Waals surface area contributed by atoms with Gasteiger partial charge in [-0.15, -0.1) is 0 Å². The molecule has 0 aromatic heterocycles. The highest BCUT2D eigenvalue weighted by molar-refractivity contribution is 6.62. The zero-order chi connectivity index (χ0) is 15.8. The van der Waals surface area contributed by atoms with Crippen molar-refractivity contribution >= 4 is 12.6 Å². The normalized spacial score (nSPS) is 20.1. The molecule has 0 atom stereocenters. The third-order valence-electron chi connectivity index (χ3n) is 4.33. The highest BCUT2D eigenvalue weighted by Crippen LogP contribution is 2.36. The second-order valence-electron chi connectivity index (χ2n) is 7.31. The molecule has 1 aliphatic heterocycles. The lowest BCUT2D eigenvalue weighted by atomic mass is 9.76. The largest absolute Gasteiger partial charge is 0.495 e. The van der Waals surface area contributed by atoms with E-state index < -0.39 is 0 Å². The van der Waals surface area contributed by atoms with Crippen LogP contribution >= 0.6 is 0 Å². The van der Waals surface area contributed by atoms with Crippen molar-refractivity contribution < 1.29 is 14.0 Å². The average molecular weight is 290 g/mol. The molecule has 0 amide bonds. The van der Waals surface area contributed by atoms with Gasteiger partial charge in [0.1, 0.15) is 5.75 Å². The van der Waals surface area contributed by atoms with E-state index in [2.05, 4.69) is 54.5 Å². The van der Waals surface area contributed by atoms with Crippen molar-refractivity contribution in [3.8, 4) is 5.75 Å². The van der Waals surface area contributed by atoms with Gasteiger partial charge in [-0.25, -0.2) is 0 Å². The van der Waals surface area contributed by atoms with E-state index >= 15 is 0 Å². The summed E-state index contributed by atoms with van der Waals surface area (Å²) >= 11 is 0. The van der Waals surface area contributed by atoms with Gasteiger partial charge in [0, 0.05) is 0 Å². The molecule has 0 N–H and O–H groups in total. The fourth-order valence-electron chi connectivity index (χ4n) is 2.24. The minimum Gasteiger partial charge on any atom is -0.493 e. The molecular formula is C17H27BO3. The Labute approximate surface area is 129 Å². The van der Waals surface area contributed by atoms with Crippen molar-refractivity contribution in [3.63, 3.8) is 0 Å². The monoisotopic (exact) mass is 290 g/mol. The molecule has 1 aromatic rings. The van der Waals surface area contributed by atoms with E-state index in [1.54, 1.807) is 0 Å². The zero-order valence-electron chi connectivity index (χ0n) is 14.3. The molecule has 0 aliphatic carbocycles. The van der Waals surface area contributed by atoms with Gasteiger partial charge >= 0.3 is 7.12 Å². The van der Waals surface area contributed by atoms with Gasteiger partial charge in [-0.3, -0.25) is 0 Å². The van der Waals surface area contributed by atoms with Crippen LogP contribution in [0.1, 0.15) is 47.1 Å². The van der Waals surface area contributed by atoms with Gasteiger partial charge in [-0.1, -0.05) is 19.9 Å². The van der Waals surface area contributed by atoms with E-state index in [1.165, 1.54) is 0 Å². The zero-order valence-corrected chi connectivity index (χ0v) is 14.3. The van der Waals surface area contributed by atoms with Crippen LogP contribution in [0.25, 0.3) is 0 Å². The van der Waals surface area contributed by atoms with E-state index in [0.717, 1.165) is 23.4 Å². The Bertz CT molecular complexity index is 493. The Morgan fingerprint density at radius 2 is 1.67 bits per heavy atom. The SMILES string of the molecule is Cc1cc(OCC(C)C)ccc1B1OC(C)(C)C(C)(C)O1. The summed E-state index contributed by atoms with van der Waals surface area (Å²) in [5, 5.41) is 0. The van der Waals surface area contributed by atoms with E-state index in [1.807, 2.05) is 12.1 Å². The van der Waals surface area contributed by atoms with Gasteiger partial charge in [0.05, 0.1) is 17.8 Å². The molecule has 0 radical (unpaired) electrons. The summed E-state index contributed by atoms with van der Waals surface area (Å²) < 4.78 is 18.0. The quantitative estimate of drug-likeness (QED) is 0.796. The van der Waals surface area contributed by atoms with Crippen molar-refractivity contribution in [1.82, 2.24) is 0 Å². The molecule has 0 spiro atoms. The van der Waals surface area contributed by atoms with E-state index in [-0.39, 0.29) is 18.3 Å². The summed E-state index contributed by atoms with van der Waals surface area (Å²) in [6.07, 6.45) is 0. The molecule has 3 nitrogen and oxygen atoms in total. The summed E-state index contributed by atoms with van der Waals surface area (Å²) in [5.41, 5.74) is 1.59. The van der Waals surface area contributed by atoms with E-state index in [4.69, 9.17) is 14.0 Å². The summed E-state index contributed by atoms with van der Waals surface area (Å²) in [4.78, 5) is 0. The lowest BCUT2D eigenvalue weighted by Gasteiger charge is -2.32. The fourth-order valence-corrected chi connectivity index (χ4v) is 2.24. The molecular weight excluding hydrogens is 263 g/mol. The van der Waals surface area contributed by atoms with Gasteiger partial charge in [0.25, 0.3) is 0 Å². The summed E-state index contributed by atoms with van der Waals surface area (Å²) in [6.45, 7) is 15.4. The number of ether oxygens (including phenoxy) is 1. The molecule has 0 saturated carbocycles. The maximum absolute atomic E-state index is 6.11. The molecule has 116 valence electrons. The first-order chi connectivity index (χ1) is 9.62. The lowest BCUT2D eigenvalue weighted by Crippen LogP contribution is -2.41. The van der Waals surface area contributed by atoms with E-state index in [9.17, 15) is 0 Å². The highest BCUT2D eigenvalue weighted by atomic mass is 16.7. The first-order valence-electron chi connectivity index (χ1n) is 7.71. The molecule has 2 rings (SSSR count). The highest BCUT2D eigenvalue weighted by Gasteiger charge is 2.52. The molecule has 1 heterocycles. The maximum Gasteiger partial charge on any atom is 0.495 e. The van der Waals surface area contributed by atoms with Gasteiger partial charge in [0.15, 0.2) is 0 Å². The molecule has 1 fully saturated rings. The average Bonchev–Trinajstić information content (AvgIpc) is 2.55. The van der Waals surface area contributed by atoms with Gasteiger partial charge in [-0.05, 0) is 63.7 Å². The molecule has 4 heteroatoms. The van der Waals surface area contributed by atoms with Crippen molar-refractivity contribution in [3.05, 3.63) is 23.8 Å². The van der Waals surface area contributed by atoms with Crippen LogP contribution in [-0.2, 0) is 9.31 Å². The Balaban J connectivity index is 2.15. The number of rotatable bonds is 4. The van der Waals surface area contributed by atoms with Crippen LogP contribution in [0, 0.1) is 12.8 Å². The predicted molar refractivity (Wildman–Crippen MR) is 87.2 cm³/mol. The van der Waals surface area contributed by atoms with Crippen LogP contribution in [0.3, 0.4) is 0 Å². The van der Waals surface area contributed by atoms with Crippen molar-refractivity contribution in [1.29, 1.82) is 0 Å². The Hall–Kier alpha value is -0.995. The third-order valence-corrected chi connectivity index (χ3v) is 4.33. The predicted octanol–water partition coefficient (Wildman–Crippen LogP) is 3.33. The molecule has 1 aromatic carbocycles. The summed E-state index contributed by atoms with van der Waals surface area (Å²) in [7, 11) is -0.311. The Morgan fingerprint density at radius 3 is 2.14 bits per heavy atom. The second kappa shape index (κ2) is 5.66. The van der Waals surface area contributed by atoms with Gasteiger partial charge in [-0.2, -0.15) is 0 Å². The number of aryl methyl sites for hydroxylation is 1. The van der Waals surface area contributed by atoms with Crippen molar-refractivity contribution in [2.75, 3.05) is 6.61 Å². The number of hydrogen-bond donors (Lipinski definition) is 0. The Kier molecular flexibility index (Phi) is 4.41. The van der Waals surface area contributed by atoms with Crippen LogP contribution < -0.4 is 10.2 Å². The first-order valence-corrected chi connectivity index (χ1v) is 7.71. The van der Waals surface area contributed by atoms with Crippen LogP contribution in [0.15, 0.2) is 18.2 Å². The van der Waals surface area contributed by atoms with Gasteiger partial charge < -0.3 is 14.0 Å². The lowest BCUT2D eigenvalue weighted by molar-refractivity contribution is 0.00578. The fraction of sp³-hybridized carbons (Fsp3) is 0.647. The van der Waals surface area contributed by atoms with Crippen LogP contribution in [0.5, 0.6) is 5.75 Å². The number of hydrogen-bond acceptors (Lipinski definition) is 3. The minimum absolute atomic E-state index is 0.309. The van der Waals surface area contributed by atoms with Crippen molar-refractivity contribution in [2.24, 2.45) is 5.92 Å². The topological polar surface area (TPSA) is 27.7 Å². The molecule has 1 aliphatic rings. The van der Waals surface area contributed by atoms with Gasteiger partial charge in [0.2, 0.25) is 0 Å². The maximum atomic E-state index is 6.11. The van der Waals surface area contributed by atoms with E-state index in [0.29, 0.717) is 5.92 Å². The van der Waals surface area contributed by atoms with Crippen LogP contribution in [0.4, 0.5) is 0 Å². The van der Waals surface area contributed by atoms with Crippen molar-refractivity contribution in [2.45, 2.75) is 59.7 Å². The molecule has 21 heavy (non-hydrogen) atoms. The molecule has 0 bridgehead atoms. The summed E-state index contributed by atoms with van der Waals surface area (Å²) in [6, 6.07) is 6.10. The van der Waals surface area contributed by atoms with Crippen LogP contribution in [0.2, 0.25) is 0 Å².